The Kier molecular flexibility index (Phi) is 5.24. The molecule has 0 bridgehead atoms. The zero-order chi connectivity index (χ0) is 22.3. The molecule has 3 aromatic rings. The average Bonchev–Trinajstić information content (AvgIpc) is 2.99. The van der Waals surface area contributed by atoms with Crippen LogP contribution in [0.25, 0.3) is 11.9 Å². The minimum Gasteiger partial charge on any atom is -0.303 e. The molecule has 1 N–H and O–H groups in total. The van der Waals surface area contributed by atoms with Crippen LogP contribution in [0.1, 0.15) is 22.5 Å². The number of aryl methyl sites for hydroxylation is 2. The Morgan fingerprint density at radius 2 is 1.77 bits per heavy atom. The predicted molar refractivity (Wildman–Crippen MR) is 120 cm³/mol. The first-order valence-corrected chi connectivity index (χ1v) is 9.96. The fourth-order valence-electron chi connectivity index (χ4n) is 3.57. The van der Waals surface area contributed by atoms with E-state index in [0.29, 0.717) is 11.3 Å². The van der Waals surface area contributed by atoms with Crippen molar-refractivity contribution in [3.8, 4) is 5.82 Å². The summed E-state index contributed by atoms with van der Waals surface area (Å²) in [6.45, 7) is 5.82. The molecule has 0 radical (unpaired) electrons. The molecule has 8 heteroatoms. The van der Waals surface area contributed by atoms with Gasteiger partial charge in [-0.2, -0.15) is 0 Å². The number of thiocarbonyl (C=S) groups is 1. The van der Waals surface area contributed by atoms with Gasteiger partial charge in [-0.15, -0.1) is 0 Å². The van der Waals surface area contributed by atoms with Crippen LogP contribution in [-0.4, -0.2) is 26.5 Å². The quantitative estimate of drug-likeness (QED) is 0.387. The fourth-order valence-corrected chi connectivity index (χ4v) is 3.85. The summed E-state index contributed by atoms with van der Waals surface area (Å²) in [6, 6.07) is 11.1. The predicted octanol–water partition coefficient (Wildman–Crippen LogP) is 3.77. The number of carbonyl (C=O) groups excluding carboxylic acids is 2. The zero-order valence-corrected chi connectivity index (χ0v) is 18.0. The highest BCUT2D eigenvalue weighted by atomic mass is 32.1. The molecule has 1 aliphatic rings. The maximum atomic E-state index is 13.3. The minimum atomic E-state index is -0.577. The Balaban J connectivity index is 1.76. The van der Waals surface area contributed by atoms with Crippen molar-refractivity contribution >= 4 is 40.9 Å². The molecule has 1 aliphatic heterocycles. The first kappa shape index (κ1) is 20.6. The molecule has 0 aliphatic carbocycles. The van der Waals surface area contributed by atoms with E-state index in [1.807, 2.05) is 43.5 Å². The van der Waals surface area contributed by atoms with E-state index in [9.17, 15) is 14.0 Å². The third kappa shape index (κ3) is 3.77. The maximum Gasteiger partial charge on any atom is 0.270 e. The normalized spacial score (nSPS) is 15.5. The molecule has 1 fully saturated rings. The Hall–Kier alpha value is -3.65. The summed E-state index contributed by atoms with van der Waals surface area (Å²) in [5, 5.41) is 2.49. The molecule has 1 aromatic carbocycles. The van der Waals surface area contributed by atoms with E-state index in [4.69, 9.17) is 12.2 Å². The molecule has 0 saturated carbocycles. The lowest BCUT2D eigenvalue weighted by Gasteiger charge is -2.28. The monoisotopic (exact) mass is 434 g/mol. The summed E-state index contributed by atoms with van der Waals surface area (Å²) in [6.07, 6.45) is 3.28. The van der Waals surface area contributed by atoms with E-state index in [2.05, 4.69) is 10.3 Å². The van der Waals surface area contributed by atoms with Crippen LogP contribution in [0.15, 0.2) is 54.2 Å². The lowest BCUT2D eigenvalue weighted by molar-refractivity contribution is -0.122. The number of hydrogen-bond donors (Lipinski definition) is 1. The summed E-state index contributed by atoms with van der Waals surface area (Å²) in [4.78, 5) is 31.3. The second kappa shape index (κ2) is 7.88. The SMILES string of the molecule is Cc1ccnc(-n2c(C)cc(/C=C3/C(=O)NC(=S)N(c4ccc(F)cc4)C3=O)c2C)c1. The number of benzene rings is 1. The van der Waals surface area contributed by atoms with E-state index in [-0.39, 0.29) is 10.7 Å². The smallest absolute Gasteiger partial charge is 0.270 e. The summed E-state index contributed by atoms with van der Waals surface area (Å²) in [7, 11) is 0. The summed E-state index contributed by atoms with van der Waals surface area (Å²) in [5.41, 5.74) is 3.85. The number of rotatable bonds is 3. The lowest BCUT2D eigenvalue weighted by atomic mass is 10.1. The molecule has 3 heterocycles. The number of amides is 2. The van der Waals surface area contributed by atoms with Crippen molar-refractivity contribution in [2.24, 2.45) is 0 Å². The van der Waals surface area contributed by atoms with Gasteiger partial charge in [-0.25, -0.2) is 9.37 Å². The van der Waals surface area contributed by atoms with Gasteiger partial charge in [-0.1, -0.05) is 0 Å². The van der Waals surface area contributed by atoms with Gasteiger partial charge in [0, 0.05) is 17.6 Å². The van der Waals surface area contributed by atoms with Crippen molar-refractivity contribution in [3.05, 3.63) is 82.6 Å². The Morgan fingerprint density at radius 1 is 1.06 bits per heavy atom. The van der Waals surface area contributed by atoms with Crippen molar-refractivity contribution in [2.75, 3.05) is 4.90 Å². The number of anilines is 1. The molecule has 4 rings (SSSR count). The standard InChI is InChI=1S/C23H19FN4O2S/c1-13-8-9-25-20(10-13)27-14(2)11-16(15(27)3)12-19-21(29)26-23(31)28(22(19)30)18-6-4-17(24)5-7-18/h4-12H,1-3H3,(H,26,29,31)/b19-12-. The molecule has 0 unspecified atom stereocenters. The van der Waals surface area contributed by atoms with Crippen LogP contribution >= 0.6 is 12.2 Å². The van der Waals surface area contributed by atoms with E-state index in [1.54, 1.807) is 12.3 Å². The first-order chi connectivity index (χ1) is 14.8. The van der Waals surface area contributed by atoms with Gasteiger partial charge in [0.2, 0.25) is 0 Å². The Morgan fingerprint density at radius 3 is 2.45 bits per heavy atom. The van der Waals surface area contributed by atoms with E-state index in [0.717, 1.165) is 22.8 Å². The maximum absolute atomic E-state index is 13.3. The van der Waals surface area contributed by atoms with Crippen LogP contribution in [0.2, 0.25) is 0 Å². The zero-order valence-electron chi connectivity index (χ0n) is 17.1. The molecule has 0 spiro atoms. The summed E-state index contributed by atoms with van der Waals surface area (Å²) >= 11 is 5.18. The lowest BCUT2D eigenvalue weighted by Crippen LogP contribution is -2.54. The van der Waals surface area contributed by atoms with Crippen LogP contribution in [-0.2, 0) is 9.59 Å². The molecule has 1 saturated heterocycles. The van der Waals surface area contributed by atoms with Gasteiger partial charge in [-0.05, 0) is 92.7 Å². The second-order valence-corrected chi connectivity index (χ2v) is 7.67. The third-order valence-electron chi connectivity index (χ3n) is 5.09. The topological polar surface area (TPSA) is 67.2 Å². The van der Waals surface area contributed by atoms with E-state index >= 15 is 0 Å². The highest BCUT2D eigenvalue weighted by Crippen LogP contribution is 2.26. The van der Waals surface area contributed by atoms with Crippen molar-refractivity contribution in [1.29, 1.82) is 0 Å². The molecule has 6 nitrogen and oxygen atoms in total. The number of aromatic nitrogens is 2. The summed E-state index contributed by atoms with van der Waals surface area (Å²) in [5.74, 6) is -0.824. The number of nitrogens with zero attached hydrogens (tertiary/aromatic N) is 3. The Bertz CT molecular complexity index is 1260. The molecule has 156 valence electrons. The first-order valence-electron chi connectivity index (χ1n) is 9.55. The molecule has 2 aromatic heterocycles. The van der Waals surface area contributed by atoms with Gasteiger partial charge in [0.25, 0.3) is 11.8 Å². The van der Waals surface area contributed by atoms with Crippen LogP contribution < -0.4 is 10.2 Å². The molecular weight excluding hydrogens is 415 g/mol. The van der Waals surface area contributed by atoms with Gasteiger partial charge in [0.05, 0.1) is 5.69 Å². The van der Waals surface area contributed by atoms with Crippen LogP contribution in [0.5, 0.6) is 0 Å². The van der Waals surface area contributed by atoms with E-state index in [1.165, 1.54) is 29.2 Å². The van der Waals surface area contributed by atoms with Gasteiger partial charge >= 0.3 is 0 Å². The number of pyridine rings is 1. The van der Waals surface area contributed by atoms with Crippen molar-refractivity contribution in [1.82, 2.24) is 14.9 Å². The van der Waals surface area contributed by atoms with Crippen LogP contribution in [0, 0.1) is 26.6 Å². The van der Waals surface area contributed by atoms with E-state index < -0.39 is 17.6 Å². The van der Waals surface area contributed by atoms with Crippen LogP contribution in [0.3, 0.4) is 0 Å². The third-order valence-corrected chi connectivity index (χ3v) is 5.37. The molecule has 31 heavy (non-hydrogen) atoms. The number of halogens is 1. The highest BCUT2D eigenvalue weighted by molar-refractivity contribution is 7.80. The number of nitrogens with one attached hydrogen (secondary N) is 1. The molecule has 2 amide bonds. The summed E-state index contributed by atoms with van der Waals surface area (Å²) < 4.78 is 15.3. The van der Waals surface area contributed by atoms with Gasteiger partial charge in [0.15, 0.2) is 5.11 Å². The van der Waals surface area contributed by atoms with Crippen molar-refractivity contribution < 1.29 is 14.0 Å². The molecular formula is C23H19FN4O2S. The average molecular weight is 434 g/mol. The number of carbonyl (C=O) groups is 2. The van der Waals surface area contributed by atoms with Gasteiger partial charge in [0.1, 0.15) is 17.2 Å². The van der Waals surface area contributed by atoms with Gasteiger partial charge in [-0.3, -0.25) is 19.8 Å². The van der Waals surface area contributed by atoms with Crippen LogP contribution in [0.4, 0.5) is 10.1 Å². The van der Waals surface area contributed by atoms with Gasteiger partial charge < -0.3 is 4.57 Å². The fraction of sp³-hybridized carbons (Fsp3) is 0.130. The highest BCUT2D eigenvalue weighted by Gasteiger charge is 2.34. The molecule has 0 atom stereocenters. The second-order valence-electron chi connectivity index (χ2n) is 7.29. The largest absolute Gasteiger partial charge is 0.303 e. The number of hydrogen-bond acceptors (Lipinski definition) is 4. The Labute approximate surface area is 184 Å². The van der Waals surface area contributed by atoms with Crippen molar-refractivity contribution in [2.45, 2.75) is 20.8 Å². The van der Waals surface area contributed by atoms with Crippen molar-refractivity contribution in [3.63, 3.8) is 0 Å². The minimum absolute atomic E-state index is 0.0480.